The van der Waals surface area contributed by atoms with Crippen LogP contribution in [0.1, 0.15) is 42.6 Å². The third-order valence-electron chi connectivity index (χ3n) is 4.18. The van der Waals surface area contributed by atoms with Gasteiger partial charge in [0.1, 0.15) is 5.70 Å². The molecule has 146 valence electrons. The minimum atomic E-state index is -0.500. The fraction of sp³-hybridized carbons (Fsp3) is 0.238. The van der Waals surface area contributed by atoms with E-state index in [0.29, 0.717) is 23.2 Å². The second-order valence-corrected chi connectivity index (χ2v) is 6.24. The molecule has 2 aromatic carbocycles. The number of benzene rings is 2. The predicted octanol–water partition coefficient (Wildman–Crippen LogP) is 3.67. The lowest BCUT2D eigenvalue weighted by molar-refractivity contribution is -0.384. The van der Waals surface area contributed by atoms with Crippen molar-refractivity contribution in [2.45, 2.75) is 26.7 Å². The molecule has 0 atom stereocenters. The Morgan fingerprint density at radius 2 is 1.71 bits per heavy atom. The summed E-state index contributed by atoms with van der Waals surface area (Å²) in [6.45, 7) is 4.13. The fourth-order valence-corrected chi connectivity index (χ4v) is 2.56. The molecule has 2 rings (SSSR count). The summed E-state index contributed by atoms with van der Waals surface area (Å²) in [7, 11) is 0. The number of carbonyl (C=O) groups excluding carboxylic acids is 2. The van der Waals surface area contributed by atoms with E-state index in [4.69, 9.17) is 0 Å². The second-order valence-electron chi connectivity index (χ2n) is 6.24. The van der Waals surface area contributed by atoms with Crippen LogP contribution < -0.4 is 10.6 Å². The third kappa shape index (κ3) is 5.51. The van der Waals surface area contributed by atoms with Crippen molar-refractivity contribution in [1.82, 2.24) is 10.6 Å². The maximum atomic E-state index is 12.7. The number of nitrogens with one attached hydrogen (secondary N) is 2. The Balaban J connectivity index is 2.39. The van der Waals surface area contributed by atoms with Crippen LogP contribution in [0.25, 0.3) is 5.57 Å². The van der Waals surface area contributed by atoms with Gasteiger partial charge in [-0.2, -0.15) is 0 Å². The van der Waals surface area contributed by atoms with Gasteiger partial charge in [-0.1, -0.05) is 43.7 Å². The summed E-state index contributed by atoms with van der Waals surface area (Å²) in [4.78, 5) is 35.8. The van der Waals surface area contributed by atoms with Crippen molar-refractivity contribution in [3.63, 3.8) is 0 Å². The standard InChI is InChI=1S/C21H23N3O4/c1-3-4-13-22-21(26)19(23-20(25)16-9-6-5-7-10-16)15(2)17-11-8-12-18(14-17)24(27)28/h5-12,14H,3-4,13H2,1-2H3,(H,22,26)(H,23,25)/b19-15-. The molecule has 0 aromatic heterocycles. The van der Waals surface area contributed by atoms with Crippen LogP contribution in [0.3, 0.4) is 0 Å². The smallest absolute Gasteiger partial charge is 0.270 e. The molecule has 0 aliphatic rings. The van der Waals surface area contributed by atoms with E-state index < -0.39 is 16.7 Å². The first-order valence-electron chi connectivity index (χ1n) is 9.04. The molecule has 0 aliphatic heterocycles. The summed E-state index contributed by atoms with van der Waals surface area (Å²) in [5, 5.41) is 16.5. The number of nitrogens with zero attached hydrogens (tertiary/aromatic N) is 1. The Bertz CT molecular complexity index is 892. The molecule has 7 nitrogen and oxygen atoms in total. The first-order valence-corrected chi connectivity index (χ1v) is 9.04. The Hall–Kier alpha value is -3.48. The summed E-state index contributed by atoms with van der Waals surface area (Å²) in [6.07, 6.45) is 1.72. The van der Waals surface area contributed by atoms with Crippen LogP contribution >= 0.6 is 0 Å². The van der Waals surface area contributed by atoms with Gasteiger partial charge >= 0.3 is 0 Å². The zero-order valence-electron chi connectivity index (χ0n) is 15.9. The molecule has 28 heavy (non-hydrogen) atoms. The second kappa shape index (κ2) is 10.0. The number of non-ortho nitro benzene ring substituents is 1. The van der Waals surface area contributed by atoms with Crippen molar-refractivity contribution in [3.8, 4) is 0 Å². The normalized spacial score (nSPS) is 11.4. The average Bonchev–Trinajstić information content (AvgIpc) is 2.72. The zero-order valence-corrected chi connectivity index (χ0v) is 15.9. The van der Waals surface area contributed by atoms with Crippen LogP contribution in [0.5, 0.6) is 0 Å². The van der Waals surface area contributed by atoms with E-state index in [9.17, 15) is 19.7 Å². The van der Waals surface area contributed by atoms with Gasteiger partial charge in [-0.25, -0.2) is 0 Å². The van der Waals surface area contributed by atoms with E-state index in [0.717, 1.165) is 12.8 Å². The van der Waals surface area contributed by atoms with Crippen LogP contribution in [0, 0.1) is 10.1 Å². The largest absolute Gasteiger partial charge is 0.351 e. The summed E-state index contributed by atoms with van der Waals surface area (Å²) >= 11 is 0. The van der Waals surface area contributed by atoms with Gasteiger partial charge in [-0.3, -0.25) is 19.7 Å². The number of carbonyl (C=O) groups is 2. The molecule has 0 aliphatic carbocycles. The SMILES string of the molecule is CCCCNC(=O)/C(NC(=O)c1ccccc1)=C(\C)c1cccc([N+](=O)[O-])c1. The molecule has 0 saturated carbocycles. The number of hydrogen-bond acceptors (Lipinski definition) is 4. The Morgan fingerprint density at radius 3 is 2.36 bits per heavy atom. The molecule has 0 fully saturated rings. The Kier molecular flexibility index (Phi) is 7.45. The number of nitro benzene ring substituents is 1. The highest BCUT2D eigenvalue weighted by Gasteiger charge is 2.19. The first kappa shape index (κ1) is 20.8. The maximum absolute atomic E-state index is 12.7. The lowest BCUT2D eigenvalue weighted by Crippen LogP contribution is -2.36. The number of amides is 2. The zero-order chi connectivity index (χ0) is 20.5. The number of rotatable bonds is 8. The highest BCUT2D eigenvalue weighted by Crippen LogP contribution is 2.22. The Morgan fingerprint density at radius 1 is 1.04 bits per heavy atom. The van der Waals surface area contributed by atoms with Gasteiger partial charge < -0.3 is 10.6 Å². The lowest BCUT2D eigenvalue weighted by atomic mass is 10.0. The van der Waals surface area contributed by atoms with Crippen LogP contribution in [0.2, 0.25) is 0 Å². The maximum Gasteiger partial charge on any atom is 0.270 e. The van der Waals surface area contributed by atoms with Crippen LogP contribution in [0.4, 0.5) is 5.69 Å². The van der Waals surface area contributed by atoms with E-state index in [-0.39, 0.29) is 11.4 Å². The van der Waals surface area contributed by atoms with Gasteiger partial charge in [-0.15, -0.1) is 0 Å². The van der Waals surface area contributed by atoms with Crippen molar-refractivity contribution in [2.75, 3.05) is 6.54 Å². The van der Waals surface area contributed by atoms with E-state index in [1.54, 1.807) is 49.4 Å². The molecule has 0 heterocycles. The molecule has 0 spiro atoms. The number of hydrogen-bond donors (Lipinski definition) is 2. The van der Waals surface area contributed by atoms with Crippen LogP contribution in [0.15, 0.2) is 60.3 Å². The molecule has 0 radical (unpaired) electrons. The van der Waals surface area contributed by atoms with Gasteiger partial charge in [0, 0.05) is 24.2 Å². The van der Waals surface area contributed by atoms with Gasteiger partial charge in [0.2, 0.25) is 0 Å². The van der Waals surface area contributed by atoms with E-state index in [1.165, 1.54) is 12.1 Å². The van der Waals surface area contributed by atoms with Crippen molar-refractivity contribution in [1.29, 1.82) is 0 Å². The summed E-state index contributed by atoms with van der Waals surface area (Å²) < 4.78 is 0. The third-order valence-corrected chi connectivity index (χ3v) is 4.18. The van der Waals surface area contributed by atoms with Crippen molar-refractivity contribution in [3.05, 3.63) is 81.5 Å². The molecule has 0 unspecified atom stereocenters. The van der Waals surface area contributed by atoms with Gasteiger partial charge in [0.15, 0.2) is 0 Å². The molecular weight excluding hydrogens is 358 g/mol. The fourth-order valence-electron chi connectivity index (χ4n) is 2.56. The number of nitro groups is 1. The highest BCUT2D eigenvalue weighted by atomic mass is 16.6. The van der Waals surface area contributed by atoms with Gasteiger partial charge in [-0.05, 0) is 36.6 Å². The van der Waals surface area contributed by atoms with E-state index in [1.807, 2.05) is 6.92 Å². The minimum absolute atomic E-state index is 0.0745. The van der Waals surface area contributed by atoms with E-state index >= 15 is 0 Å². The number of allylic oxidation sites excluding steroid dienone is 1. The number of unbranched alkanes of at least 4 members (excludes halogenated alkanes) is 1. The van der Waals surface area contributed by atoms with Gasteiger partial charge in [0.25, 0.3) is 17.5 Å². The summed E-state index contributed by atoms with van der Waals surface area (Å²) in [6, 6.07) is 14.5. The van der Waals surface area contributed by atoms with Crippen molar-refractivity contribution >= 4 is 23.1 Å². The minimum Gasteiger partial charge on any atom is -0.351 e. The first-order chi connectivity index (χ1) is 13.4. The average molecular weight is 381 g/mol. The van der Waals surface area contributed by atoms with Crippen LogP contribution in [-0.4, -0.2) is 23.3 Å². The van der Waals surface area contributed by atoms with E-state index in [2.05, 4.69) is 10.6 Å². The molecule has 0 bridgehead atoms. The van der Waals surface area contributed by atoms with Crippen molar-refractivity contribution < 1.29 is 14.5 Å². The molecule has 0 saturated heterocycles. The molecule has 2 amide bonds. The van der Waals surface area contributed by atoms with Crippen molar-refractivity contribution in [2.24, 2.45) is 0 Å². The molecule has 2 aromatic rings. The molecular formula is C21H23N3O4. The van der Waals surface area contributed by atoms with Gasteiger partial charge in [0.05, 0.1) is 4.92 Å². The molecule has 7 heteroatoms. The Labute approximate surface area is 163 Å². The monoisotopic (exact) mass is 381 g/mol. The predicted molar refractivity (Wildman–Crippen MR) is 108 cm³/mol. The highest BCUT2D eigenvalue weighted by molar-refractivity contribution is 6.07. The summed E-state index contributed by atoms with van der Waals surface area (Å²) in [5.74, 6) is -0.854. The van der Waals surface area contributed by atoms with Crippen LogP contribution in [-0.2, 0) is 4.79 Å². The lowest BCUT2D eigenvalue weighted by Gasteiger charge is -2.14. The quantitative estimate of drug-likeness (QED) is 0.315. The summed E-state index contributed by atoms with van der Waals surface area (Å²) in [5.41, 5.74) is 1.33. The molecule has 2 N–H and O–H groups in total. The topological polar surface area (TPSA) is 101 Å².